The minimum Gasteiger partial charge on any atom is -0.492 e. The maximum atomic E-state index is 5.88. The maximum absolute atomic E-state index is 5.88. The fourth-order valence-electron chi connectivity index (χ4n) is 4.85. The molecular weight excluding hydrogens is 348 g/mol. The Morgan fingerprint density at radius 3 is 2.68 bits per heavy atom. The highest BCUT2D eigenvalue weighted by Crippen LogP contribution is 2.38. The number of hydrogen-bond acceptors (Lipinski definition) is 4. The molecule has 3 heterocycles. The van der Waals surface area contributed by atoms with E-state index in [2.05, 4.69) is 28.6 Å². The first-order chi connectivity index (χ1) is 13.7. The second kappa shape index (κ2) is 9.10. The molecule has 2 aliphatic rings. The summed E-state index contributed by atoms with van der Waals surface area (Å²) in [7, 11) is 0. The van der Waals surface area contributed by atoms with Gasteiger partial charge in [0.1, 0.15) is 12.4 Å². The number of hydrogen-bond donors (Lipinski definition) is 1. The average Bonchev–Trinajstić information content (AvgIpc) is 3.18. The monoisotopic (exact) mass is 382 g/mol. The van der Waals surface area contributed by atoms with E-state index in [0.717, 1.165) is 45.0 Å². The summed E-state index contributed by atoms with van der Waals surface area (Å²) in [6.07, 6.45) is 5.49. The number of rotatable bonds is 7. The van der Waals surface area contributed by atoms with Crippen LogP contribution >= 0.6 is 0 Å². The number of imidazole rings is 1. The second-order valence-electron chi connectivity index (χ2n) is 8.69. The lowest BCUT2D eigenvalue weighted by molar-refractivity contribution is 0.0644. The molecule has 1 fully saturated rings. The van der Waals surface area contributed by atoms with Crippen molar-refractivity contribution in [2.45, 2.75) is 39.2 Å². The van der Waals surface area contributed by atoms with Crippen LogP contribution in [0.3, 0.4) is 0 Å². The number of nitrogens with one attached hydrogen (secondary N) is 1. The first kappa shape index (κ1) is 19.5. The number of likely N-dealkylation sites (tertiary alicyclic amines) is 1. The van der Waals surface area contributed by atoms with Gasteiger partial charge >= 0.3 is 0 Å². The van der Waals surface area contributed by atoms with Gasteiger partial charge in [0, 0.05) is 31.7 Å². The number of fused-ring (bicyclic) bond motifs is 1. The average molecular weight is 383 g/mol. The van der Waals surface area contributed by atoms with E-state index in [1.54, 1.807) is 0 Å². The van der Waals surface area contributed by atoms with E-state index in [4.69, 9.17) is 9.72 Å². The third-order valence-corrected chi connectivity index (χ3v) is 6.17. The number of ether oxygens (including phenoxy) is 1. The number of H-pyrrole nitrogens is 1. The molecular formula is C23H34N4O. The van der Waals surface area contributed by atoms with Crippen molar-refractivity contribution in [1.82, 2.24) is 19.8 Å². The van der Waals surface area contributed by atoms with Gasteiger partial charge in [0.05, 0.1) is 18.1 Å². The van der Waals surface area contributed by atoms with Crippen LogP contribution in [0.5, 0.6) is 5.75 Å². The number of aromatic amines is 1. The zero-order valence-corrected chi connectivity index (χ0v) is 17.3. The van der Waals surface area contributed by atoms with Crippen molar-refractivity contribution in [1.29, 1.82) is 0 Å². The van der Waals surface area contributed by atoms with Crippen LogP contribution in [-0.2, 0) is 6.42 Å². The third kappa shape index (κ3) is 4.58. The highest BCUT2D eigenvalue weighted by atomic mass is 16.5. The van der Waals surface area contributed by atoms with E-state index in [9.17, 15) is 0 Å². The quantitative estimate of drug-likeness (QED) is 0.792. The standard InChI is InChI=1S/C23H34N4O/c1-18(2)16-27-13-10-21-22(25-17-24-21)23(27)19-8-11-26(12-9-19)14-15-28-20-6-4-3-5-7-20/h3-7,17-19,23H,8-16H2,1-2H3,(H,24,25). The summed E-state index contributed by atoms with van der Waals surface area (Å²) in [5.41, 5.74) is 2.68. The van der Waals surface area contributed by atoms with Crippen molar-refractivity contribution in [2.24, 2.45) is 11.8 Å². The Bertz CT molecular complexity index is 721. The molecule has 0 amide bonds. The van der Waals surface area contributed by atoms with Crippen molar-refractivity contribution in [3.63, 3.8) is 0 Å². The lowest BCUT2D eigenvalue weighted by atomic mass is 9.83. The minimum absolute atomic E-state index is 0.486. The van der Waals surface area contributed by atoms with Gasteiger partial charge in [0.15, 0.2) is 0 Å². The normalized spacial score (nSPS) is 21.8. The Labute approximate surface area is 169 Å². The molecule has 0 aliphatic carbocycles. The number of benzene rings is 1. The number of piperidine rings is 1. The smallest absolute Gasteiger partial charge is 0.119 e. The predicted octanol–water partition coefficient (Wildman–Crippen LogP) is 3.76. The van der Waals surface area contributed by atoms with E-state index < -0.39 is 0 Å². The molecule has 2 aromatic rings. The lowest BCUT2D eigenvalue weighted by Gasteiger charge is -2.43. The molecule has 5 nitrogen and oxygen atoms in total. The number of nitrogens with zero attached hydrogens (tertiary/aromatic N) is 3. The molecule has 0 bridgehead atoms. The molecule has 28 heavy (non-hydrogen) atoms. The first-order valence-corrected chi connectivity index (χ1v) is 10.9. The molecule has 0 radical (unpaired) electrons. The molecule has 4 rings (SSSR count). The molecule has 0 spiro atoms. The van der Waals surface area contributed by atoms with Crippen molar-refractivity contribution in [3.05, 3.63) is 48.0 Å². The summed E-state index contributed by atoms with van der Waals surface area (Å²) in [4.78, 5) is 13.4. The Kier molecular flexibility index (Phi) is 6.33. The van der Waals surface area contributed by atoms with E-state index in [1.165, 1.54) is 30.8 Å². The van der Waals surface area contributed by atoms with Crippen molar-refractivity contribution in [2.75, 3.05) is 39.3 Å². The predicted molar refractivity (Wildman–Crippen MR) is 113 cm³/mol. The molecule has 1 aromatic carbocycles. The largest absolute Gasteiger partial charge is 0.492 e. The van der Waals surface area contributed by atoms with Gasteiger partial charge < -0.3 is 9.72 Å². The third-order valence-electron chi connectivity index (χ3n) is 6.17. The highest BCUT2D eigenvalue weighted by Gasteiger charge is 2.37. The van der Waals surface area contributed by atoms with Crippen molar-refractivity contribution >= 4 is 0 Å². The fourth-order valence-corrected chi connectivity index (χ4v) is 4.85. The van der Waals surface area contributed by atoms with E-state index in [1.807, 2.05) is 36.7 Å². The van der Waals surface area contributed by atoms with Crippen molar-refractivity contribution in [3.8, 4) is 5.75 Å². The highest BCUT2D eigenvalue weighted by molar-refractivity contribution is 5.21. The van der Waals surface area contributed by atoms with Crippen LogP contribution in [0.4, 0.5) is 0 Å². The van der Waals surface area contributed by atoms with Gasteiger partial charge in [0.25, 0.3) is 0 Å². The summed E-state index contributed by atoms with van der Waals surface area (Å²) >= 11 is 0. The lowest BCUT2D eigenvalue weighted by Crippen LogP contribution is -2.45. The first-order valence-electron chi connectivity index (χ1n) is 10.9. The molecule has 152 valence electrons. The van der Waals surface area contributed by atoms with Crippen LogP contribution < -0.4 is 4.74 Å². The second-order valence-corrected chi connectivity index (χ2v) is 8.69. The van der Waals surface area contributed by atoms with Crippen LogP contribution in [-0.4, -0.2) is 59.1 Å². The van der Waals surface area contributed by atoms with Crippen molar-refractivity contribution < 1.29 is 4.74 Å². The van der Waals surface area contributed by atoms with Crippen LogP contribution in [0.2, 0.25) is 0 Å². The molecule has 2 aliphatic heterocycles. The van der Waals surface area contributed by atoms with Gasteiger partial charge in [-0.05, 0) is 49.9 Å². The summed E-state index contributed by atoms with van der Waals surface area (Å²) in [5, 5.41) is 0. The summed E-state index contributed by atoms with van der Waals surface area (Å²) in [6.45, 7) is 11.1. The van der Waals surface area contributed by atoms with E-state index in [0.29, 0.717) is 17.9 Å². The van der Waals surface area contributed by atoms with Gasteiger partial charge in [-0.1, -0.05) is 32.0 Å². The van der Waals surface area contributed by atoms with E-state index >= 15 is 0 Å². The summed E-state index contributed by atoms with van der Waals surface area (Å²) in [6, 6.07) is 10.6. The van der Waals surface area contributed by atoms with Crippen LogP contribution in [0.1, 0.15) is 44.1 Å². The summed E-state index contributed by atoms with van der Waals surface area (Å²) < 4.78 is 5.88. The Morgan fingerprint density at radius 2 is 1.93 bits per heavy atom. The number of para-hydroxylation sites is 1. The molecule has 1 aromatic heterocycles. The van der Waals surface area contributed by atoms with Gasteiger partial charge in [-0.15, -0.1) is 0 Å². The molecule has 1 unspecified atom stereocenters. The maximum Gasteiger partial charge on any atom is 0.119 e. The van der Waals surface area contributed by atoms with Gasteiger partial charge in [0.2, 0.25) is 0 Å². The zero-order valence-electron chi connectivity index (χ0n) is 17.3. The Morgan fingerprint density at radius 1 is 1.14 bits per heavy atom. The fraction of sp³-hybridized carbons (Fsp3) is 0.609. The SMILES string of the molecule is CC(C)CN1CCc2[nH]cnc2C1C1CCN(CCOc2ccccc2)CC1. The Balaban J connectivity index is 1.32. The molecule has 0 saturated carbocycles. The van der Waals surface area contributed by atoms with E-state index in [-0.39, 0.29) is 0 Å². The minimum atomic E-state index is 0.486. The topological polar surface area (TPSA) is 44.4 Å². The molecule has 1 atom stereocenters. The molecule has 1 saturated heterocycles. The summed E-state index contributed by atoms with van der Waals surface area (Å²) in [5.74, 6) is 2.36. The van der Waals surface area contributed by atoms with Crippen LogP contribution in [0, 0.1) is 11.8 Å². The van der Waals surface area contributed by atoms with Crippen LogP contribution in [0.15, 0.2) is 36.7 Å². The number of aromatic nitrogens is 2. The van der Waals surface area contributed by atoms with Gasteiger partial charge in [-0.3, -0.25) is 9.80 Å². The van der Waals surface area contributed by atoms with Crippen LogP contribution in [0.25, 0.3) is 0 Å². The molecule has 1 N–H and O–H groups in total. The van der Waals surface area contributed by atoms with Gasteiger partial charge in [-0.25, -0.2) is 4.98 Å². The van der Waals surface area contributed by atoms with Gasteiger partial charge in [-0.2, -0.15) is 0 Å². The zero-order chi connectivity index (χ0) is 19.3. The molecule has 5 heteroatoms. The Hall–Kier alpha value is -1.85.